The van der Waals surface area contributed by atoms with Crippen LogP contribution in [-0.2, 0) is 0 Å². The van der Waals surface area contributed by atoms with E-state index < -0.39 is 6.09 Å². The number of para-hydroxylation sites is 1. The molecule has 0 saturated carbocycles. The second kappa shape index (κ2) is 4.09. The predicted molar refractivity (Wildman–Crippen MR) is 70.8 cm³/mol. The van der Waals surface area contributed by atoms with Gasteiger partial charge in [-0.15, -0.1) is 0 Å². The molecule has 2 heterocycles. The fraction of sp³-hybridized carbons (Fsp3) is 0. The molecule has 0 amide bonds. The van der Waals surface area contributed by atoms with E-state index in [2.05, 4.69) is 9.97 Å². The van der Waals surface area contributed by atoms with Crippen molar-refractivity contribution >= 4 is 22.8 Å². The Morgan fingerprint density at radius 3 is 2.79 bits per heavy atom. The van der Waals surface area contributed by atoms with E-state index in [1.54, 1.807) is 18.2 Å². The molecule has 3 rings (SSSR count). The molecular weight excluding hydrogens is 244 g/mol. The normalized spacial score (nSPS) is 10.7. The van der Waals surface area contributed by atoms with Crippen LogP contribution in [0.4, 0.5) is 10.6 Å². The smallest absolute Gasteiger partial charge is 0.416 e. The molecule has 0 saturated heterocycles. The van der Waals surface area contributed by atoms with Crippen LogP contribution in [0, 0.1) is 0 Å². The van der Waals surface area contributed by atoms with E-state index in [0.29, 0.717) is 16.9 Å². The van der Waals surface area contributed by atoms with E-state index in [0.717, 1.165) is 5.39 Å². The molecule has 6 nitrogen and oxygen atoms in total. The van der Waals surface area contributed by atoms with Crippen LogP contribution in [0.1, 0.15) is 0 Å². The first-order chi connectivity index (χ1) is 9.16. The van der Waals surface area contributed by atoms with Crippen molar-refractivity contribution in [2.75, 3.05) is 5.73 Å². The molecule has 94 valence electrons. The van der Waals surface area contributed by atoms with Gasteiger partial charge in [0, 0.05) is 5.39 Å². The molecule has 3 aromatic rings. The first-order valence-electron chi connectivity index (χ1n) is 5.58. The van der Waals surface area contributed by atoms with Gasteiger partial charge in [-0.3, -0.25) is 4.98 Å². The summed E-state index contributed by atoms with van der Waals surface area (Å²) in [6, 6.07) is 8.98. The summed E-state index contributed by atoms with van der Waals surface area (Å²) in [6.07, 6.45) is 1.83. The highest BCUT2D eigenvalue weighted by atomic mass is 16.4. The lowest BCUT2D eigenvalue weighted by molar-refractivity contribution is 0.198. The van der Waals surface area contributed by atoms with Gasteiger partial charge >= 0.3 is 6.09 Å². The maximum atomic E-state index is 11.4. The number of fused-ring (bicyclic) bond motifs is 1. The third-order valence-corrected chi connectivity index (χ3v) is 2.82. The number of anilines is 1. The van der Waals surface area contributed by atoms with Crippen molar-refractivity contribution in [1.82, 2.24) is 14.5 Å². The lowest BCUT2D eigenvalue weighted by Gasteiger charge is -2.04. The summed E-state index contributed by atoms with van der Waals surface area (Å²) >= 11 is 0. The van der Waals surface area contributed by atoms with Gasteiger partial charge in [-0.2, -0.15) is 0 Å². The number of carbonyl (C=O) groups is 1. The Morgan fingerprint density at radius 1 is 1.26 bits per heavy atom. The van der Waals surface area contributed by atoms with Crippen LogP contribution in [0.5, 0.6) is 0 Å². The molecule has 0 aliphatic rings. The molecule has 1 aromatic carbocycles. The minimum absolute atomic E-state index is 0.250. The number of carboxylic acid groups (broad SMARTS) is 1. The number of rotatable bonds is 1. The van der Waals surface area contributed by atoms with Crippen molar-refractivity contribution in [2.45, 2.75) is 0 Å². The third-order valence-electron chi connectivity index (χ3n) is 2.82. The fourth-order valence-corrected chi connectivity index (χ4v) is 2.05. The molecule has 0 atom stereocenters. The summed E-state index contributed by atoms with van der Waals surface area (Å²) in [5.74, 6) is 0.250. The van der Waals surface area contributed by atoms with E-state index in [-0.39, 0.29) is 5.82 Å². The molecule has 0 radical (unpaired) electrons. The zero-order chi connectivity index (χ0) is 13.4. The van der Waals surface area contributed by atoms with Crippen molar-refractivity contribution in [3.8, 4) is 11.4 Å². The number of benzene rings is 1. The standard InChI is InChI=1S/C13H10N4O2/c14-12-7-15-6-9(16-12)11-5-8-3-1-2-4-10(8)17(11)13(18)19/h1-7H,(H2,14,16)(H,18,19). The summed E-state index contributed by atoms with van der Waals surface area (Å²) in [6.45, 7) is 0. The van der Waals surface area contributed by atoms with E-state index in [1.165, 1.54) is 17.0 Å². The largest absolute Gasteiger partial charge is 0.464 e. The van der Waals surface area contributed by atoms with Crippen LogP contribution < -0.4 is 5.73 Å². The molecule has 0 spiro atoms. The average molecular weight is 254 g/mol. The van der Waals surface area contributed by atoms with Crippen molar-refractivity contribution in [1.29, 1.82) is 0 Å². The molecule has 0 aliphatic heterocycles. The van der Waals surface area contributed by atoms with Crippen LogP contribution in [0.25, 0.3) is 22.3 Å². The van der Waals surface area contributed by atoms with Crippen LogP contribution in [0.15, 0.2) is 42.7 Å². The number of nitrogens with zero attached hydrogens (tertiary/aromatic N) is 3. The number of aromatic nitrogens is 3. The van der Waals surface area contributed by atoms with E-state index in [1.807, 2.05) is 12.1 Å². The van der Waals surface area contributed by atoms with Crippen molar-refractivity contribution < 1.29 is 9.90 Å². The monoisotopic (exact) mass is 254 g/mol. The van der Waals surface area contributed by atoms with Crippen LogP contribution in [0.2, 0.25) is 0 Å². The van der Waals surface area contributed by atoms with Gasteiger partial charge in [0.1, 0.15) is 11.5 Å². The highest BCUT2D eigenvalue weighted by Crippen LogP contribution is 2.26. The highest BCUT2D eigenvalue weighted by molar-refractivity contribution is 5.95. The first-order valence-corrected chi connectivity index (χ1v) is 5.58. The molecule has 3 N–H and O–H groups in total. The Bertz CT molecular complexity index is 779. The summed E-state index contributed by atoms with van der Waals surface area (Å²) in [4.78, 5) is 19.5. The lowest BCUT2D eigenvalue weighted by atomic mass is 10.2. The fourth-order valence-electron chi connectivity index (χ4n) is 2.05. The number of hydrogen-bond acceptors (Lipinski definition) is 4. The first kappa shape index (κ1) is 11.2. The van der Waals surface area contributed by atoms with Crippen LogP contribution in [0.3, 0.4) is 0 Å². The summed E-state index contributed by atoms with van der Waals surface area (Å²) in [5, 5.41) is 10.2. The second-order valence-corrected chi connectivity index (χ2v) is 4.04. The van der Waals surface area contributed by atoms with Gasteiger partial charge in [0.2, 0.25) is 0 Å². The van der Waals surface area contributed by atoms with Crippen LogP contribution >= 0.6 is 0 Å². The van der Waals surface area contributed by atoms with Crippen molar-refractivity contribution in [3.63, 3.8) is 0 Å². The number of nitrogen functional groups attached to an aromatic ring is 1. The van der Waals surface area contributed by atoms with Gasteiger partial charge in [0.05, 0.1) is 23.6 Å². The van der Waals surface area contributed by atoms with E-state index in [9.17, 15) is 9.90 Å². The summed E-state index contributed by atoms with van der Waals surface area (Å²) < 4.78 is 1.18. The number of nitrogens with two attached hydrogens (primary N) is 1. The Balaban J connectivity index is 2.34. The average Bonchev–Trinajstić information content (AvgIpc) is 2.78. The van der Waals surface area contributed by atoms with Gasteiger partial charge in [-0.25, -0.2) is 14.3 Å². The second-order valence-electron chi connectivity index (χ2n) is 4.04. The molecule has 6 heteroatoms. The molecular formula is C13H10N4O2. The Hall–Kier alpha value is -2.89. The molecule has 0 fully saturated rings. The SMILES string of the molecule is Nc1cncc(-c2cc3ccccc3n2C(=O)O)n1. The van der Waals surface area contributed by atoms with Gasteiger partial charge in [0.15, 0.2) is 0 Å². The van der Waals surface area contributed by atoms with Crippen LogP contribution in [-0.4, -0.2) is 25.7 Å². The predicted octanol–water partition coefficient (Wildman–Crippen LogP) is 2.21. The topological polar surface area (TPSA) is 94.0 Å². The Kier molecular flexibility index (Phi) is 2.42. The van der Waals surface area contributed by atoms with Gasteiger partial charge in [-0.05, 0) is 12.1 Å². The summed E-state index contributed by atoms with van der Waals surface area (Å²) in [7, 11) is 0. The minimum Gasteiger partial charge on any atom is -0.464 e. The Labute approximate surface area is 108 Å². The molecule has 0 bridgehead atoms. The summed E-state index contributed by atoms with van der Waals surface area (Å²) in [5.41, 5.74) is 7.07. The quantitative estimate of drug-likeness (QED) is 0.694. The van der Waals surface area contributed by atoms with E-state index in [4.69, 9.17) is 5.73 Å². The van der Waals surface area contributed by atoms with Gasteiger partial charge in [0.25, 0.3) is 0 Å². The maximum absolute atomic E-state index is 11.4. The van der Waals surface area contributed by atoms with Crippen molar-refractivity contribution in [3.05, 3.63) is 42.7 Å². The number of hydrogen-bond donors (Lipinski definition) is 2. The molecule has 2 aromatic heterocycles. The lowest BCUT2D eigenvalue weighted by Crippen LogP contribution is -2.09. The minimum atomic E-state index is -1.07. The van der Waals surface area contributed by atoms with Gasteiger partial charge in [-0.1, -0.05) is 18.2 Å². The zero-order valence-electron chi connectivity index (χ0n) is 9.82. The highest BCUT2D eigenvalue weighted by Gasteiger charge is 2.16. The third kappa shape index (κ3) is 1.79. The maximum Gasteiger partial charge on any atom is 0.416 e. The van der Waals surface area contributed by atoms with Crippen molar-refractivity contribution in [2.24, 2.45) is 0 Å². The van der Waals surface area contributed by atoms with Gasteiger partial charge < -0.3 is 10.8 Å². The van der Waals surface area contributed by atoms with E-state index >= 15 is 0 Å². The zero-order valence-corrected chi connectivity index (χ0v) is 9.82. The molecule has 0 unspecified atom stereocenters. The molecule has 19 heavy (non-hydrogen) atoms. The molecule has 0 aliphatic carbocycles. The Morgan fingerprint density at radius 2 is 2.05 bits per heavy atom.